The molecular weight excluding hydrogens is 454 g/mol. The summed E-state index contributed by atoms with van der Waals surface area (Å²) in [7, 11) is 2.79. The maximum Gasteiger partial charge on any atom is 0.413 e. The molecule has 2 aromatic heterocycles. The maximum absolute atomic E-state index is 13.1. The Balaban J connectivity index is 1.81. The van der Waals surface area contributed by atoms with Crippen LogP contribution in [0.5, 0.6) is 0 Å². The molecule has 35 heavy (non-hydrogen) atoms. The van der Waals surface area contributed by atoms with Crippen molar-refractivity contribution >= 4 is 40.3 Å². The fourth-order valence-corrected chi connectivity index (χ4v) is 3.49. The topological polar surface area (TPSA) is 159 Å². The second-order valence-electron chi connectivity index (χ2n) is 7.29. The van der Waals surface area contributed by atoms with Gasteiger partial charge in [-0.05, 0) is 42.0 Å². The van der Waals surface area contributed by atoms with E-state index in [9.17, 15) is 19.5 Å². The molecule has 11 nitrogen and oxygen atoms in total. The van der Waals surface area contributed by atoms with E-state index < -0.39 is 18.0 Å². The number of carbonyl (C=O) groups excluding carboxylic acids is 2. The van der Waals surface area contributed by atoms with Crippen LogP contribution < -0.4 is 10.2 Å². The Bertz CT molecular complexity index is 1510. The highest BCUT2D eigenvalue weighted by atomic mass is 16.5. The van der Waals surface area contributed by atoms with Crippen LogP contribution in [-0.4, -0.2) is 47.4 Å². The molecule has 0 radical (unpaired) electrons. The number of pyridine rings is 1. The number of anilines is 2. The molecular formula is C24H17N5O6. The third kappa shape index (κ3) is 4.36. The van der Waals surface area contributed by atoms with Crippen LogP contribution in [0.4, 0.5) is 16.2 Å². The van der Waals surface area contributed by atoms with Gasteiger partial charge in [0, 0.05) is 31.1 Å². The minimum absolute atomic E-state index is 0.00551. The lowest BCUT2D eigenvalue weighted by atomic mass is 10.0. The first-order valence-corrected chi connectivity index (χ1v) is 10.1. The average Bonchev–Trinajstić information content (AvgIpc) is 3.30. The van der Waals surface area contributed by atoms with E-state index in [2.05, 4.69) is 15.5 Å². The number of nitrogens with one attached hydrogen (secondary N) is 1. The first kappa shape index (κ1) is 22.9. The SMILES string of the molecule is COC(=O)N(C)c1cc2onc(C(=O)Nc3ccc(C#N)cc3C(=O)O)c2cc1-c1ccncc1. The van der Waals surface area contributed by atoms with Crippen molar-refractivity contribution in [1.82, 2.24) is 10.1 Å². The summed E-state index contributed by atoms with van der Waals surface area (Å²) in [4.78, 5) is 42.2. The third-order valence-electron chi connectivity index (χ3n) is 5.23. The van der Waals surface area contributed by atoms with E-state index in [0.717, 1.165) is 6.07 Å². The first-order valence-electron chi connectivity index (χ1n) is 10.1. The van der Waals surface area contributed by atoms with Crippen molar-refractivity contribution in [3.8, 4) is 17.2 Å². The molecule has 0 saturated heterocycles. The van der Waals surface area contributed by atoms with Gasteiger partial charge in [0.25, 0.3) is 5.91 Å². The maximum atomic E-state index is 13.1. The number of nitrogens with zero attached hydrogens (tertiary/aromatic N) is 4. The molecule has 0 bridgehead atoms. The van der Waals surface area contributed by atoms with E-state index in [-0.39, 0.29) is 28.1 Å². The van der Waals surface area contributed by atoms with Gasteiger partial charge in [-0.25, -0.2) is 9.59 Å². The van der Waals surface area contributed by atoms with Gasteiger partial charge in [-0.1, -0.05) is 5.16 Å². The Morgan fingerprint density at radius 2 is 1.89 bits per heavy atom. The van der Waals surface area contributed by atoms with Crippen LogP contribution >= 0.6 is 0 Å². The highest BCUT2D eigenvalue weighted by molar-refractivity contribution is 6.14. The zero-order chi connectivity index (χ0) is 25.1. The summed E-state index contributed by atoms with van der Waals surface area (Å²) in [5.74, 6) is -2.02. The third-order valence-corrected chi connectivity index (χ3v) is 5.23. The van der Waals surface area contributed by atoms with E-state index >= 15 is 0 Å². The van der Waals surface area contributed by atoms with Crippen molar-refractivity contribution in [1.29, 1.82) is 5.26 Å². The zero-order valence-electron chi connectivity index (χ0n) is 18.5. The second kappa shape index (κ2) is 9.32. The van der Waals surface area contributed by atoms with Crippen molar-refractivity contribution in [3.05, 3.63) is 71.7 Å². The molecule has 2 aromatic carbocycles. The second-order valence-corrected chi connectivity index (χ2v) is 7.29. The fourth-order valence-electron chi connectivity index (χ4n) is 3.49. The number of amides is 2. The number of nitriles is 1. The lowest BCUT2D eigenvalue weighted by molar-refractivity contribution is 0.0698. The van der Waals surface area contributed by atoms with Crippen LogP contribution in [0.1, 0.15) is 26.4 Å². The van der Waals surface area contributed by atoms with Gasteiger partial charge in [0.05, 0.1) is 41.1 Å². The van der Waals surface area contributed by atoms with Crippen molar-refractivity contribution in [3.63, 3.8) is 0 Å². The Morgan fingerprint density at radius 3 is 2.54 bits per heavy atom. The number of rotatable bonds is 5. The van der Waals surface area contributed by atoms with Gasteiger partial charge in [0.1, 0.15) is 0 Å². The average molecular weight is 471 g/mol. The fraction of sp³-hybridized carbons (Fsp3) is 0.0833. The Morgan fingerprint density at radius 1 is 1.14 bits per heavy atom. The Hall–Kier alpha value is -5.24. The van der Waals surface area contributed by atoms with Gasteiger partial charge >= 0.3 is 12.1 Å². The first-order chi connectivity index (χ1) is 16.8. The van der Waals surface area contributed by atoms with E-state index in [1.54, 1.807) is 36.7 Å². The van der Waals surface area contributed by atoms with Crippen LogP contribution in [0.25, 0.3) is 22.1 Å². The minimum atomic E-state index is -1.31. The molecule has 0 spiro atoms. The number of fused-ring (bicyclic) bond motifs is 1. The van der Waals surface area contributed by atoms with Crippen LogP contribution in [-0.2, 0) is 4.74 Å². The van der Waals surface area contributed by atoms with Crippen LogP contribution in [0.3, 0.4) is 0 Å². The number of aromatic nitrogens is 2. The molecule has 0 fully saturated rings. The number of carboxylic acid groups (broad SMARTS) is 1. The van der Waals surface area contributed by atoms with Crippen LogP contribution in [0.15, 0.2) is 59.4 Å². The van der Waals surface area contributed by atoms with Crippen molar-refractivity contribution in [2.24, 2.45) is 0 Å². The zero-order valence-corrected chi connectivity index (χ0v) is 18.5. The summed E-state index contributed by atoms with van der Waals surface area (Å²) in [5.41, 5.74) is 1.74. The molecule has 4 aromatic rings. The molecule has 0 atom stereocenters. The standard InChI is InChI=1S/C24H17N5O6/c1-29(24(33)34-2)19-11-20-17(10-15(19)14-5-7-26-8-6-14)21(28-35-20)22(30)27-18-4-3-13(12-25)9-16(18)23(31)32/h3-11H,1-2H3,(H,27,30)(H,31,32). The molecule has 0 saturated carbocycles. The molecule has 11 heteroatoms. The molecule has 0 aliphatic carbocycles. The Labute approximate surface area is 198 Å². The summed E-state index contributed by atoms with van der Waals surface area (Å²) in [5, 5.41) is 25.2. The van der Waals surface area contributed by atoms with Gasteiger partial charge in [0.15, 0.2) is 11.3 Å². The quantitative estimate of drug-likeness (QED) is 0.440. The van der Waals surface area contributed by atoms with Crippen LogP contribution in [0, 0.1) is 11.3 Å². The number of ether oxygens (including phenoxy) is 1. The van der Waals surface area contributed by atoms with E-state index in [1.807, 2.05) is 6.07 Å². The van der Waals surface area contributed by atoms with E-state index in [4.69, 9.17) is 14.5 Å². The number of hydrogen-bond donors (Lipinski definition) is 2. The van der Waals surface area contributed by atoms with Gasteiger partial charge in [-0.15, -0.1) is 0 Å². The largest absolute Gasteiger partial charge is 0.478 e. The lowest BCUT2D eigenvalue weighted by Gasteiger charge is -2.19. The predicted molar refractivity (Wildman–Crippen MR) is 124 cm³/mol. The van der Waals surface area contributed by atoms with E-state index in [0.29, 0.717) is 22.2 Å². The molecule has 0 aliphatic heterocycles. The number of aromatic carboxylic acids is 1. The predicted octanol–water partition coefficient (Wildman–Crippen LogP) is 3.91. The van der Waals surface area contributed by atoms with E-state index in [1.165, 1.54) is 31.2 Å². The summed E-state index contributed by atoms with van der Waals surface area (Å²) in [6.07, 6.45) is 2.56. The van der Waals surface area contributed by atoms with Crippen molar-refractivity contribution in [2.45, 2.75) is 0 Å². The van der Waals surface area contributed by atoms with Gasteiger partial charge in [0.2, 0.25) is 0 Å². The van der Waals surface area contributed by atoms with Gasteiger partial charge in [-0.2, -0.15) is 5.26 Å². The van der Waals surface area contributed by atoms with Gasteiger partial charge in [-0.3, -0.25) is 14.7 Å². The van der Waals surface area contributed by atoms with Gasteiger partial charge < -0.3 is 19.7 Å². The number of hydrogen-bond acceptors (Lipinski definition) is 8. The molecule has 4 rings (SSSR count). The number of carbonyl (C=O) groups is 3. The van der Waals surface area contributed by atoms with Crippen molar-refractivity contribution < 1.29 is 28.8 Å². The molecule has 174 valence electrons. The summed E-state index contributed by atoms with van der Waals surface area (Å²) in [6, 6.07) is 12.4. The Kier molecular flexibility index (Phi) is 6.11. The summed E-state index contributed by atoms with van der Waals surface area (Å²) in [6.45, 7) is 0. The van der Waals surface area contributed by atoms with Crippen LogP contribution in [0.2, 0.25) is 0 Å². The monoisotopic (exact) mass is 471 g/mol. The highest BCUT2D eigenvalue weighted by Crippen LogP contribution is 2.36. The number of carboxylic acids is 1. The molecule has 2 N–H and O–H groups in total. The number of methoxy groups -OCH3 is 1. The summed E-state index contributed by atoms with van der Waals surface area (Å²) >= 11 is 0. The molecule has 2 heterocycles. The normalized spacial score (nSPS) is 10.4. The minimum Gasteiger partial charge on any atom is -0.478 e. The highest BCUT2D eigenvalue weighted by Gasteiger charge is 2.24. The lowest BCUT2D eigenvalue weighted by Crippen LogP contribution is -2.26. The summed E-state index contributed by atoms with van der Waals surface area (Å²) < 4.78 is 10.2. The molecule has 2 amide bonds. The van der Waals surface area contributed by atoms with Crippen molar-refractivity contribution in [2.75, 3.05) is 24.4 Å². The molecule has 0 aliphatic rings. The smallest absolute Gasteiger partial charge is 0.413 e. The molecule has 0 unspecified atom stereocenters. The number of benzene rings is 2.